The molecule has 1 rings (SSSR count). The van der Waals surface area contributed by atoms with E-state index in [4.69, 9.17) is 0 Å². The summed E-state index contributed by atoms with van der Waals surface area (Å²) in [7, 11) is 2.21. The van der Waals surface area contributed by atoms with E-state index in [1.165, 1.54) is 18.4 Å². The molecule has 1 atom stereocenters. The quantitative estimate of drug-likeness (QED) is 0.750. The van der Waals surface area contributed by atoms with Crippen LogP contribution in [0, 0.1) is 5.41 Å². The molecule has 0 amide bonds. The largest absolute Gasteiger partial charge is 0.314 e. The molecule has 3 nitrogen and oxygen atoms in total. The molecule has 20 heavy (non-hydrogen) atoms. The Morgan fingerprint density at radius 1 is 1.30 bits per heavy atom. The maximum atomic E-state index is 4.08. The Morgan fingerprint density at radius 2 is 1.95 bits per heavy atom. The lowest BCUT2D eigenvalue weighted by molar-refractivity contribution is 0.165. The van der Waals surface area contributed by atoms with Crippen LogP contribution in [0.4, 0.5) is 0 Å². The second-order valence-electron chi connectivity index (χ2n) is 6.62. The fraction of sp³-hybridized carbons (Fsp3) is 0.706. The lowest BCUT2D eigenvalue weighted by Crippen LogP contribution is -2.42. The molecule has 0 saturated heterocycles. The molecule has 3 heteroatoms. The summed E-state index contributed by atoms with van der Waals surface area (Å²) in [5, 5.41) is 3.60. The summed E-state index contributed by atoms with van der Waals surface area (Å²) < 4.78 is 0. The third-order valence-corrected chi connectivity index (χ3v) is 3.64. The number of nitrogens with zero attached hydrogens (tertiary/aromatic N) is 2. The Balaban J connectivity index is 2.55. The van der Waals surface area contributed by atoms with Crippen molar-refractivity contribution in [1.29, 1.82) is 0 Å². The topological polar surface area (TPSA) is 28.2 Å². The minimum atomic E-state index is 0.334. The van der Waals surface area contributed by atoms with E-state index in [1.807, 2.05) is 12.4 Å². The first-order valence-electron chi connectivity index (χ1n) is 7.76. The van der Waals surface area contributed by atoms with Gasteiger partial charge in [0.05, 0.1) is 0 Å². The zero-order valence-corrected chi connectivity index (χ0v) is 13.8. The van der Waals surface area contributed by atoms with Crippen molar-refractivity contribution < 1.29 is 0 Å². The van der Waals surface area contributed by atoms with Crippen LogP contribution in [0.3, 0.4) is 0 Å². The van der Waals surface area contributed by atoms with Crippen LogP contribution in [-0.2, 0) is 6.54 Å². The molecule has 1 heterocycles. The van der Waals surface area contributed by atoms with Crippen molar-refractivity contribution in [3.63, 3.8) is 0 Å². The fourth-order valence-corrected chi connectivity index (χ4v) is 2.78. The standard InChI is InChI=1S/C17H31N3/c1-6-9-17(4,13-19-15(2)3)14-20(5)12-16-7-10-18-11-8-16/h7-8,10-11,15,19H,6,9,12-14H2,1-5H3. The van der Waals surface area contributed by atoms with E-state index < -0.39 is 0 Å². The summed E-state index contributed by atoms with van der Waals surface area (Å²) in [6.07, 6.45) is 6.23. The highest BCUT2D eigenvalue weighted by atomic mass is 15.1. The van der Waals surface area contributed by atoms with Gasteiger partial charge in [-0.1, -0.05) is 34.1 Å². The molecule has 0 aliphatic heterocycles. The van der Waals surface area contributed by atoms with Crippen LogP contribution in [0.1, 0.15) is 46.1 Å². The van der Waals surface area contributed by atoms with Gasteiger partial charge in [-0.05, 0) is 36.6 Å². The molecule has 114 valence electrons. The Morgan fingerprint density at radius 3 is 2.50 bits per heavy atom. The van der Waals surface area contributed by atoms with Gasteiger partial charge < -0.3 is 10.2 Å². The number of pyridine rings is 1. The van der Waals surface area contributed by atoms with Crippen molar-refractivity contribution >= 4 is 0 Å². The summed E-state index contributed by atoms with van der Waals surface area (Å²) in [5.74, 6) is 0. The third-order valence-electron chi connectivity index (χ3n) is 3.64. The van der Waals surface area contributed by atoms with E-state index in [0.717, 1.165) is 19.6 Å². The van der Waals surface area contributed by atoms with Crippen molar-refractivity contribution in [2.45, 2.75) is 53.1 Å². The molecule has 1 aromatic rings. The smallest absolute Gasteiger partial charge is 0.0271 e. The van der Waals surface area contributed by atoms with Gasteiger partial charge in [0, 0.05) is 38.1 Å². The second kappa shape index (κ2) is 8.38. The van der Waals surface area contributed by atoms with Crippen molar-refractivity contribution in [3.8, 4) is 0 Å². The first-order chi connectivity index (χ1) is 9.45. The van der Waals surface area contributed by atoms with Gasteiger partial charge in [-0.25, -0.2) is 0 Å². The maximum absolute atomic E-state index is 4.08. The first kappa shape index (κ1) is 17.1. The molecule has 0 aliphatic carbocycles. The lowest BCUT2D eigenvalue weighted by Gasteiger charge is -2.35. The summed E-state index contributed by atoms with van der Waals surface area (Å²) in [6.45, 7) is 12.3. The highest BCUT2D eigenvalue weighted by molar-refractivity contribution is 5.09. The van der Waals surface area contributed by atoms with E-state index >= 15 is 0 Å². The molecule has 0 spiro atoms. The van der Waals surface area contributed by atoms with E-state index in [-0.39, 0.29) is 0 Å². The van der Waals surface area contributed by atoms with Crippen LogP contribution < -0.4 is 5.32 Å². The minimum absolute atomic E-state index is 0.334. The number of hydrogen-bond acceptors (Lipinski definition) is 3. The minimum Gasteiger partial charge on any atom is -0.314 e. The number of aromatic nitrogens is 1. The van der Waals surface area contributed by atoms with Crippen LogP contribution in [0.25, 0.3) is 0 Å². The first-order valence-corrected chi connectivity index (χ1v) is 7.76. The normalized spacial score (nSPS) is 14.8. The Hall–Kier alpha value is -0.930. The number of hydrogen-bond donors (Lipinski definition) is 1. The Kier molecular flexibility index (Phi) is 7.17. The average molecular weight is 277 g/mol. The molecular formula is C17H31N3. The van der Waals surface area contributed by atoms with Crippen molar-refractivity contribution in [2.24, 2.45) is 5.41 Å². The van der Waals surface area contributed by atoms with Crippen molar-refractivity contribution in [3.05, 3.63) is 30.1 Å². The number of rotatable bonds is 9. The van der Waals surface area contributed by atoms with Gasteiger partial charge in [0.15, 0.2) is 0 Å². The van der Waals surface area contributed by atoms with Gasteiger partial charge in [-0.15, -0.1) is 0 Å². The predicted molar refractivity (Wildman–Crippen MR) is 86.7 cm³/mol. The highest BCUT2D eigenvalue weighted by Gasteiger charge is 2.25. The van der Waals surface area contributed by atoms with Gasteiger partial charge in [-0.2, -0.15) is 0 Å². The van der Waals surface area contributed by atoms with E-state index in [1.54, 1.807) is 0 Å². The van der Waals surface area contributed by atoms with E-state index in [2.05, 4.69) is 62.1 Å². The Bertz CT molecular complexity index is 364. The summed E-state index contributed by atoms with van der Waals surface area (Å²) in [6, 6.07) is 4.75. The van der Waals surface area contributed by atoms with Crippen LogP contribution in [0.5, 0.6) is 0 Å². The van der Waals surface area contributed by atoms with Gasteiger partial charge >= 0.3 is 0 Å². The third kappa shape index (κ3) is 6.49. The molecule has 0 aromatic carbocycles. The van der Waals surface area contributed by atoms with Crippen LogP contribution in [0.2, 0.25) is 0 Å². The van der Waals surface area contributed by atoms with Crippen molar-refractivity contribution in [1.82, 2.24) is 15.2 Å². The van der Waals surface area contributed by atoms with Crippen molar-refractivity contribution in [2.75, 3.05) is 20.1 Å². The molecule has 1 aromatic heterocycles. The molecule has 0 saturated carbocycles. The maximum Gasteiger partial charge on any atom is 0.0271 e. The summed E-state index contributed by atoms with van der Waals surface area (Å²) in [5.41, 5.74) is 1.67. The highest BCUT2D eigenvalue weighted by Crippen LogP contribution is 2.24. The molecule has 0 aliphatic rings. The molecule has 1 unspecified atom stereocenters. The Labute approximate surface area is 124 Å². The van der Waals surface area contributed by atoms with E-state index in [9.17, 15) is 0 Å². The van der Waals surface area contributed by atoms with Gasteiger partial charge in [0.25, 0.3) is 0 Å². The number of nitrogens with one attached hydrogen (secondary N) is 1. The van der Waals surface area contributed by atoms with Gasteiger partial charge in [-0.3, -0.25) is 4.98 Å². The molecule has 0 bridgehead atoms. The van der Waals surface area contributed by atoms with Crippen LogP contribution >= 0.6 is 0 Å². The van der Waals surface area contributed by atoms with Gasteiger partial charge in [0.2, 0.25) is 0 Å². The summed E-state index contributed by atoms with van der Waals surface area (Å²) in [4.78, 5) is 6.50. The predicted octanol–water partition coefficient (Wildman–Crippen LogP) is 3.32. The fourth-order valence-electron chi connectivity index (χ4n) is 2.78. The summed E-state index contributed by atoms with van der Waals surface area (Å²) >= 11 is 0. The second-order valence-corrected chi connectivity index (χ2v) is 6.62. The average Bonchev–Trinajstić information content (AvgIpc) is 2.37. The van der Waals surface area contributed by atoms with E-state index in [0.29, 0.717) is 11.5 Å². The molecule has 1 N–H and O–H groups in total. The zero-order valence-electron chi connectivity index (χ0n) is 13.8. The lowest BCUT2D eigenvalue weighted by atomic mass is 9.84. The van der Waals surface area contributed by atoms with Crippen LogP contribution in [-0.4, -0.2) is 36.1 Å². The van der Waals surface area contributed by atoms with Gasteiger partial charge in [0.1, 0.15) is 0 Å². The monoisotopic (exact) mass is 277 g/mol. The van der Waals surface area contributed by atoms with Crippen LogP contribution in [0.15, 0.2) is 24.5 Å². The SMILES string of the molecule is CCCC(C)(CNC(C)C)CN(C)Cc1ccncc1. The molecule has 0 fully saturated rings. The molecule has 0 radical (unpaired) electrons. The zero-order chi connectivity index (χ0) is 15.0. The molecular weight excluding hydrogens is 246 g/mol.